The van der Waals surface area contributed by atoms with Crippen molar-refractivity contribution in [2.24, 2.45) is 0 Å². The van der Waals surface area contributed by atoms with Gasteiger partial charge in [-0.1, -0.05) is 23.9 Å². The third-order valence-corrected chi connectivity index (χ3v) is 5.66. The van der Waals surface area contributed by atoms with Crippen molar-refractivity contribution in [3.05, 3.63) is 65.5 Å². The normalized spacial score (nSPS) is 10.7. The number of aryl methyl sites for hydroxylation is 2. The van der Waals surface area contributed by atoms with Crippen molar-refractivity contribution in [2.45, 2.75) is 25.5 Å². The largest absolute Gasteiger partial charge is 0.493 e. The highest BCUT2D eigenvalue weighted by molar-refractivity contribution is 7.99. The van der Waals surface area contributed by atoms with E-state index in [0.29, 0.717) is 23.8 Å². The molecule has 0 atom stereocenters. The van der Waals surface area contributed by atoms with Crippen molar-refractivity contribution in [3.63, 3.8) is 0 Å². The summed E-state index contributed by atoms with van der Waals surface area (Å²) in [6.07, 6.45) is 3.69. The van der Waals surface area contributed by atoms with Gasteiger partial charge in [-0.05, 0) is 54.8 Å². The zero-order valence-corrected chi connectivity index (χ0v) is 18.8. The van der Waals surface area contributed by atoms with Crippen LogP contribution in [0.25, 0.3) is 5.69 Å². The summed E-state index contributed by atoms with van der Waals surface area (Å²) >= 11 is 1.44. The summed E-state index contributed by atoms with van der Waals surface area (Å²) in [6, 6.07) is 12.0. The highest BCUT2D eigenvalue weighted by Gasteiger charge is 2.14. The number of amides is 1. The average Bonchev–Trinajstić information content (AvgIpc) is 3.19. The number of thioether (sulfide) groups is 1. The molecule has 7 heteroatoms. The van der Waals surface area contributed by atoms with Gasteiger partial charge < -0.3 is 14.4 Å². The molecule has 0 aliphatic heterocycles. The Labute approximate surface area is 181 Å². The van der Waals surface area contributed by atoms with Crippen molar-refractivity contribution in [3.8, 4) is 17.2 Å². The maximum absolute atomic E-state index is 12.7. The Morgan fingerprint density at radius 3 is 2.43 bits per heavy atom. The second-order valence-corrected chi connectivity index (χ2v) is 8.10. The van der Waals surface area contributed by atoms with Gasteiger partial charge in [-0.2, -0.15) is 0 Å². The van der Waals surface area contributed by atoms with Crippen molar-refractivity contribution in [2.75, 3.05) is 27.0 Å². The molecule has 0 aliphatic rings. The van der Waals surface area contributed by atoms with Crippen LogP contribution in [0.15, 0.2) is 53.9 Å². The van der Waals surface area contributed by atoms with E-state index >= 15 is 0 Å². The summed E-state index contributed by atoms with van der Waals surface area (Å²) in [4.78, 5) is 18.8. The van der Waals surface area contributed by atoms with Crippen LogP contribution in [-0.4, -0.2) is 47.4 Å². The molecule has 6 nitrogen and oxygen atoms in total. The SMILES string of the molecule is COc1ccc(CN(C)C(=O)CSc2nccn2-c2cc(C)cc(C)c2)cc1OC. The van der Waals surface area contributed by atoms with Crippen LogP contribution >= 0.6 is 11.8 Å². The van der Waals surface area contributed by atoms with E-state index in [1.54, 1.807) is 32.4 Å². The smallest absolute Gasteiger partial charge is 0.233 e. The highest BCUT2D eigenvalue weighted by Crippen LogP contribution is 2.28. The number of imidazole rings is 1. The first-order valence-electron chi connectivity index (χ1n) is 9.61. The number of benzene rings is 2. The molecule has 0 bridgehead atoms. The summed E-state index contributed by atoms with van der Waals surface area (Å²) in [6.45, 7) is 4.64. The third kappa shape index (κ3) is 5.16. The van der Waals surface area contributed by atoms with Gasteiger partial charge in [-0.25, -0.2) is 4.98 Å². The second kappa shape index (κ2) is 9.71. The molecule has 0 saturated carbocycles. The fraction of sp³-hybridized carbons (Fsp3) is 0.304. The second-order valence-electron chi connectivity index (χ2n) is 7.15. The molecule has 3 rings (SSSR count). The molecule has 0 saturated heterocycles. The minimum absolute atomic E-state index is 0.0322. The molecule has 0 fully saturated rings. The Morgan fingerprint density at radius 1 is 1.07 bits per heavy atom. The molecule has 0 N–H and O–H groups in total. The molecule has 2 aromatic carbocycles. The first-order valence-corrected chi connectivity index (χ1v) is 10.6. The van der Waals surface area contributed by atoms with Crippen LogP contribution < -0.4 is 9.47 Å². The number of rotatable bonds is 8. The number of methoxy groups -OCH3 is 2. The maximum atomic E-state index is 12.7. The van der Waals surface area contributed by atoms with Gasteiger partial charge in [0.15, 0.2) is 16.7 Å². The zero-order valence-electron chi connectivity index (χ0n) is 18.0. The van der Waals surface area contributed by atoms with Crippen LogP contribution in [0.4, 0.5) is 0 Å². The van der Waals surface area contributed by atoms with Gasteiger partial charge >= 0.3 is 0 Å². The van der Waals surface area contributed by atoms with Crippen LogP contribution in [0, 0.1) is 13.8 Å². The van der Waals surface area contributed by atoms with E-state index in [9.17, 15) is 4.79 Å². The summed E-state index contributed by atoms with van der Waals surface area (Å²) < 4.78 is 12.6. The first kappa shape index (κ1) is 21.8. The molecule has 1 amide bonds. The standard InChI is InChI=1S/C23H27N3O3S/c1-16-10-17(2)12-19(11-16)26-9-8-24-23(26)30-15-22(27)25(3)14-18-6-7-20(28-4)21(13-18)29-5/h6-13H,14-15H2,1-5H3. The van der Waals surface area contributed by atoms with Crippen LogP contribution in [0.5, 0.6) is 11.5 Å². The van der Waals surface area contributed by atoms with Gasteiger partial charge in [0, 0.05) is 31.7 Å². The van der Waals surface area contributed by atoms with Gasteiger partial charge in [0.05, 0.1) is 20.0 Å². The predicted molar refractivity (Wildman–Crippen MR) is 120 cm³/mol. The monoisotopic (exact) mass is 425 g/mol. The fourth-order valence-corrected chi connectivity index (χ4v) is 4.17. The first-order chi connectivity index (χ1) is 14.4. The lowest BCUT2D eigenvalue weighted by Crippen LogP contribution is -2.27. The van der Waals surface area contributed by atoms with E-state index in [1.807, 2.05) is 29.0 Å². The molecule has 158 valence electrons. The molecule has 1 aromatic heterocycles. The quantitative estimate of drug-likeness (QED) is 0.505. The number of ether oxygens (including phenoxy) is 2. The van der Waals surface area contributed by atoms with Crippen LogP contribution in [0.1, 0.15) is 16.7 Å². The third-order valence-electron chi connectivity index (χ3n) is 4.71. The number of hydrogen-bond acceptors (Lipinski definition) is 5. The Morgan fingerprint density at radius 2 is 1.77 bits per heavy atom. The molecule has 0 spiro atoms. The van der Waals surface area contributed by atoms with Gasteiger partial charge in [0.25, 0.3) is 0 Å². The minimum atomic E-state index is 0.0322. The van der Waals surface area contributed by atoms with Crippen LogP contribution in [-0.2, 0) is 11.3 Å². The molecular weight excluding hydrogens is 398 g/mol. The molecule has 1 heterocycles. The lowest BCUT2D eigenvalue weighted by molar-refractivity contribution is -0.127. The van der Waals surface area contributed by atoms with Gasteiger partial charge in [0.2, 0.25) is 5.91 Å². The Bertz CT molecular complexity index is 1010. The average molecular weight is 426 g/mol. The van der Waals surface area contributed by atoms with Gasteiger partial charge in [-0.3, -0.25) is 9.36 Å². The van der Waals surface area contributed by atoms with Crippen molar-refractivity contribution in [1.82, 2.24) is 14.5 Å². The van der Waals surface area contributed by atoms with Crippen molar-refractivity contribution < 1.29 is 14.3 Å². The number of aromatic nitrogens is 2. The molecule has 0 radical (unpaired) electrons. The van der Waals surface area contributed by atoms with Crippen LogP contribution in [0.3, 0.4) is 0 Å². The molecule has 0 unspecified atom stereocenters. The van der Waals surface area contributed by atoms with E-state index in [4.69, 9.17) is 9.47 Å². The molecule has 3 aromatic rings. The number of hydrogen-bond donors (Lipinski definition) is 0. The summed E-state index contributed by atoms with van der Waals surface area (Å²) in [5.41, 5.74) is 4.42. The summed E-state index contributed by atoms with van der Waals surface area (Å²) in [5, 5.41) is 0.799. The number of carbonyl (C=O) groups excluding carboxylic acids is 1. The van der Waals surface area contributed by atoms with Gasteiger partial charge in [0.1, 0.15) is 0 Å². The van der Waals surface area contributed by atoms with Crippen molar-refractivity contribution >= 4 is 17.7 Å². The molecular formula is C23H27N3O3S. The van der Waals surface area contributed by atoms with E-state index in [0.717, 1.165) is 16.4 Å². The van der Waals surface area contributed by atoms with E-state index in [-0.39, 0.29) is 5.91 Å². The number of nitrogens with zero attached hydrogens (tertiary/aromatic N) is 3. The summed E-state index contributed by atoms with van der Waals surface area (Å²) in [7, 11) is 5.01. The van der Waals surface area contributed by atoms with Crippen molar-refractivity contribution in [1.29, 1.82) is 0 Å². The highest BCUT2D eigenvalue weighted by atomic mass is 32.2. The van der Waals surface area contributed by atoms with Crippen LogP contribution in [0.2, 0.25) is 0 Å². The van der Waals surface area contributed by atoms with E-state index in [2.05, 4.69) is 37.0 Å². The summed E-state index contributed by atoms with van der Waals surface area (Å²) in [5.74, 6) is 1.67. The minimum Gasteiger partial charge on any atom is -0.493 e. The maximum Gasteiger partial charge on any atom is 0.233 e. The molecule has 0 aliphatic carbocycles. The zero-order chi connectivity index (χ0) is 21.7. The fourth-order valence-electron chi connectivity index (χ4n) is 3.26. The van der Waals surface area contributed by atoms with E-state index < -0.39 is 0 Å². The molecule has 30 heavy (non-hydrogen) atoms. The Hall–Kier alpha value is -2.93. The Kier molecular flexibility index (Phi) is 7.05. The van der Waals surface area contributed by atoms with Gasteiger partial charge in [-0.15, -0.1) is 0 Å². The lowest BCUT2D eigenvalue weighted by Gasteiger charge is -2.18. The Balaban J connectivity index is 1.64. The number of carbonyl (C=O) groups is 1. The lowest BCUT2D eigenvalue weighted by atomic mass is 10.1. The topological polar surface area (TPSA) is 56.6 Å². The predicted octanol–water partition coefficient (Wildman–Crippen LogP) is 4.26. The van der Waals surface area contributed by atoms with E-state index in [1.165, 1.54) is 22.9 Å².